The Morgan fingerprint density at radius 1 is 1.46 bits per heavy atom. The van der Waals surface area contributed by atoms with E-state index in [-0.39, 0.29) is 11.5 Å². The second kappa shape index (κ2) is 5.35. The van der Waals surface area contributed by atoms with Crippen LogP contribution in [0.5, 0.6) is 0 Å². The molecule has 0 spiro atoms. The third kappa shape index (κ3) is 5.90. The minimum atomic E-state index is -0.610. The van der Waals surface area contributed by atoms with Crippen LogP contribution in [0.15, 0.2) is 11.6 Å². The molecule has 0 saturated heterocycles. The molecular formula is C9H15NO3. The fourth-order valence-electron chi connectivity index (χ4n) is 0.538. The van der Waals surface area contributed by atoms with Crippen molar-refractivity contribution in [1.29, 1.82) is 0 Å². The predicted octanol–water partition coefficient (Wildman–Crippen LogP) is 0.617. The molecule has 0 saturated carbocycles. The van der Waals surface area contributed by atoms with Crippen LogP contribution < -0.4 is 5.73 Å². The van der Waals surface area contributed by atoms with Crippen molar-refractivity contribution in [3.05, 3.63) is 11.6 Å². The van der Waals surface area contributed by atoms with Crippen LogP contribution in [0.4, 0.5) is 0 Å². The van der Waals surface area contributed by atoms with Gasteiger partial charge in [-0.05, 0) is 12.8 Å². The highest BCUT2D eigenvalue weighted by atomic mass is 16.5. The van der Waals surface area contributed by atoms with Gasteiger partial charge in [-0.25, -0.2) is 4.79 Å². The molecule has 0 aromatic rings. The van der Waals surface area contributed by atoms with E-state index in [4.69, 9.17) is 10.5 Å². The number of ether oxygens (including phenoxy) is 1. The largest absolute Gasteiger partial charge is 0.462 e. The van der Waals surface area contributed by atoms with Crippen molar-refractivity contribution in [2.45, 2.75) is 20.8 Å². The number of nitrogens with two attached hydrogens (primary N) is 1. The highest BCUT2D eigenvalue weighted by molar-refractivity contribution is 5.97. The smallest absolute Gasteiger partial charge is 0.331 e. The van der Waals surface area contributed by atoms with Crippen molar-refractivity contribution >= 4 is 11.9 Å². The highest BCUT2D eigenvalue weighted by Gasteiger charge is 2.04. The summed E-state index contributed by atoms with van der Waals surface area (Å²) in [6.45, 7) is 5.68. The molecular weight excluding hydrogens is 170 g/mol. The summed E-state index contributed by atoms with van der Waals surface area (Å²) in [6.07, 6.45) is 1.10. The van der Waals surface area contributed by atoms with Gasteiger partial charge in [-0.2, -0.15) is 0 Å². The maximum Gasteiger partial charge on any atom is 0.331 e. The van der Waals surface area contributed by atoms with Crippen LogP contribution in [-0.4, -0.2) is 18.5 Å². The lowest BCUT2D eigenvalue weighted by Gasteiger charge is -2.04. The van der Waals surface area contributed by atoms with E-state index < -0.39 is 11.9 Å². The molecule has 0 heterocycles. The van der Waals surface area contributed by atoms with Crippen LogP contribution >= 0.6 is 0 Å². The van der Waals surface area contributed by atoms with Gasteiger partial charge in [0, 0.05) is 11.6 Å². The predicted molar refractivity (Wildman–Crippen MR) is 48.7 cm³/mol. The maximum absolute atomic E-state index is 11.0. The molecule has 0 aliphatic heterocycles. The summed E-state index contributed by atoms with van der Waals surface area (Å²) in [5.41, 5.74) is 5.13. The summed E-state index contributed by atoms with van der Waals surface area (Å²) in [6, 6.07) is 0. The Balaban J connectivity index is 4.00. The van der Waals surface area contributed by atoms with Crippen LogP contribution in [-0.2, 0) is 14.3 Å². The molecule has 13 heavy (non-hydrogen) atoms. The summed E-state index contributed by atoms with van der Waals surface area (Å²) >= 11 is 0. The highest BCUT2D eigenvalue weighted by Crippen LogP contribution is 1.96. The molecule has 74 valence electrons. The summed E-state index contributed by atoms with van der Waals surface area (Å²) in [4.78, 5) is 21.5. The fraction of sp³-hybridized carbons (Fsp3) is 0.556. The average Bonchev–Trinajstić information content (AvgIpc) is 2.00. The van der Waals surface area contributed by atoms with Gasteiger partial charge in [0.25, 0.3) is 0 Å². The van der Waals surface area contributed by atoms with Crippen molar-refractivity contribution < 1.29 is 14.3 Å². The lowest BCUT2D eigenvalue weighted by Crippen LogP contribution is -2.14. The molecule has 0 unspecified atom stereocenters. The van der Waals surface area contributed by atoms with Crippen molar-refractivity contribution in [2.75, 3.05) is 6.61 Å². The van der Waals surface area contributed by atoms with E-state index in [1.54, 1.807) is 0 Å². The lowest BCUT2D eigenvalue weighted by molar-refractivity contribution is -0.139. The number of carbonyl (C=O) groups excluding carboxylic acids is 2. The fourth-order valence-corrected chi connectivity index (χ4v) is 0.538. The normalized spacial score (nSPS) is 11.5. The number of hydrogen-bond donors (Lipinski definition) is 1. The van der Waals surface area contributed by atoms with Gasteiger partial charge < -0.3 is 10.5 Å². The Morgan fingerprint density at radius 2 is 2.00 bits per heavy atom. The molecule has 0 aromatic carbocycles. The van der Waals surface area contributed by atoms with Crippen LogP contribution in [0, 0.1) is 5.92 Å². The average molecular weight is 185 g/mol. The van der Waals surface area contributed by atoms with E-state index >= 15 is 0 Å². The van der Waals surface area contributed by atoms with E-state index in [1.165, 1.54) is 6.92 Å². The molecule has 0 aromatic heterocycles. The number of esters is 1. The van der Waals surface area contributed by atoms with Crippen molar-refractivity contribution in [3.8, 4) is 0 Å². The first-order chi connectivity index (χ1) is 5.93. The molecule has 0 aliphatic carbocycles. The van der Waals surface area contributed by atoms with Gasteiger partial charge >= 0.3 is 5.97 Å². The zero-order valence-corrected chi connectivity index (χ0v) is 8.16. The van der Waals surface area contributed by atoms with Gasteiger partial charge in [0.1, 0.15) is 0 Å². The Morgan fingerprint density at radius 3 is 2.38 bits per heavy atom. The van der Waals surface area contributed by atoms with E-state index in [2.05, 4.69) is 0 Å². The minimum absolute atomic E-state index is 0.203. The zero-order chi connectivity index (χ0) is 10.4. The molecule has 0 bridgehead atoms. The van der Waals surface area contributed by atoms with Crippen LogP contribution in [0.3, 0.4) is 0 Å². The molecule has 0 atom stereocenters. The van der Waals surface area contributed by atoms with Gasteiger partial charge in [0.2, 0.25) is 5.91 Å². The number of amides is 1. The molecule has 0 fully saturated rings. The first kappa shape index (κ1) is 11.7. The molecule has 0 radical (unpaired) electrons. The molecule has 0 rings (SSSR count). The number of hydrogen-bond acceptors (Lipinski definition) is 3. The monoisotopic (exact) mass is 185 g/mol. The van der Waals surface area contributed by atoms with Crippen molar-refractivity contribution in [2.24, 2.45) is 11.7 Å². The minimum Gasteiger partial charge on any atom is -0.462 e. The van der Waals surface area contributed by atoms with Crippen LogP contribution in [0.1, 0.15) is 20.8 Å². The van der Waals surface area contributed by atoms with Gasteiger partial charge in [-0.3, -0.25) is 4.79 Å². The Hall–Kier alpha value is -1.32. The van der Waals surface area contributed by atoms with Crippen molar-refractivity contribution in [1.82, 2.24) is 0 Å². The molecule has 1 amide bonds. The topological polar surface area (TPSA) is 69.4 Å². The summed E-state index contributed by atoms with van der Waals surface area (Å²) in [5, 5.41) is 0. The standard InChI is InChI=1S/C9H15NO3/c1-6(2)5-13-8(11)4-7(3)9(10)12/h4,6H,5H2,1-3H3,(H2,10,12)/b7-4-. The van der Waals surface area contributed by atoms with Crippen LogP contribution in [0.2, 0.25) is 0 Å². The molecule has 0 aliphatic rings. The molecule has 4 heteroatoms. The van der Waals surface area contributed by atoms with Crippen molar-refractivity contribution in [3.63, 3.8) is 0 Å². The molecule has 4 nitrogen and oxygen atoms in total. The van der Waals surface area contributed by atoms with Gasteiger partial charge in [-0.1, -0.05) is 13.8 Å². The van der Waals surface area contributed by atoms with Gasteiger partial charge in [0.15, 0.2) is 0 Å². The third-order valence-electron chi connectivity index (χ3n) is 1.28. The second-order valence-corrected chi connectivity index (χ2v) is 3.22. The summed E-state index contributed by atoms with van der Waals surface area (Å²) < 4.78 is 4.80. The van der Waals surface area contributed by atoms with E-state index in [9.17, 15) is 9.59 Å². The first-order valence-electron chi connectivity index (χ1n) is 4.08. The van der Waals surface area contributed by atoms with Gasteiger partial charge in [0.05, 0.1) is 6.61 Å². The number of carbonyl (C=O) groups is 2. The number of rotatable bonds is 4. The zero-order valence-electron chi connectivity index (χ0n) is 8.16. The summed E-state index contributed by atoms with van der Waals surface area (Å²) in [7, 11) is 0. The lowest BCUT2D eigenvalue weighted by atomic mass is 10.2. The van der Waals surface area contributed by atoms with E-state index in [0.29, 0.717) is 6.61 Å². The van der Waals surface area contributed by atoms with Gasteiger partial charge in [-0.15, -0.1) is 0 Å². The van der Waals surface area contributed by atoms with Crippen LogP contribution in [0.25, 0.3) is 0 Å². The molecule has 2 N–H and O–H groups in total. The Labute approximate surface area is 77.7 Å². The van der Waals surface area contributed by atoms with E-state index in [1.807, 2.05) is 13.8 Å². The second-order valence-electron chi connectivity index (χ2n) is 3.22. The summed E-state index contributed by atoms with van der Waals surface area (Å²) in [5.74, 6) is -0.849. The maximum atomic E-state index is 11.0. The third-order valence-corrected chi connectivity index (χ3v) is 1.28. The Kier molecular flexibility index (Phi) is 4.80. The van der Waals surface area contributed by atoms with E-state index in [0.717, 1.165) is 6.08 Å². The number of primary amides is 1. The quantitative estimate of drug-likeness (QED) is 0.515. The Bertz CT molecular complexity index is 231. The SMILES string of the molecule is C/C(=C/C(=O)OCC(C)C)C(N)=O. The first-order valence-corrected chi connectivity index (χ1v) is 4.08.